The van der Waals surface area contributed by atoms with E-state index < -0.39 is 10.0 Å². The fourth-order valence-electron chi connectivity index (χ4n) is 3.14. The quantitative estimate of drug-likeness (QED) is 0.676. The second-order valence-electron chi connectivity index (χ2n) is 7.30. The third-order valence-corrected chi connectivity index (χ3v) is 6.45. The largest absolute Gasteiger partial charge is 0.353 e. The number of sulfonamides is 1. The van der Waals surface area contributed by atoms with Crippen molar-refractivity contribution in [3.05, 3.63) is 29.6 Å². The fourth-order valence-corrected chi connectivity index (χ4v) is 3.49. The van der Waals surface area contributed by atoms with Crippen molar-refractivity contribution in [2.75, 3.05) is 50.9 Å². The van der Waals surface area contributed by atoms with E-state index in [4.69, 9.17) is 0 Å². The second kappa shape index (κ2) is 8.07. The van der Waals surface area contributed by atoms with Crippen LogP contribution in [0, 0.1) is 20.8 Å². The smallest absolute Gasteiger partial charge is 0.238 e. The molecule has 0 aromatic carbocycles. The third kappa shape index (κ3) is 4.73. The van der Waals surface area contributed by atoms with Gasteiger partial charge < -0.3 is 9.80 Å². The predicted molar refractivity (Wildman–Crippen MR) is 110 cm³/mol. The van der Waals surface area contributed by atoms with E-state index in [0.717, 1.165) is 33.6 Å². The van der Waals surface area contributed by atoms with Gasteiger partial charge in [-0.25, -0.2) is 23.4 Å². The Balaban J connectivity index is 1.70. The van der Waals surface area contributed by atoms with Gasteiger partial charge in [0.2, 0.25) is 15.9 Å². The molecule has 0 radical (unpaired) electrons. The van der Waals surface area contributed by atoms with Crippen LogP contribution in [0.2, 0.25) is 0 Å². The van der Waals surface area contributed by atoms with Gasteiger partial charge in [-0.05, 0) is 20.8 Å². The zero-order chi connectivity index (χ0) is 21.3. The average molecular weight is 422 g/mol. The van der Waals surface area contributed by atoms with E-state index in [2.05, 4.69) is 19.9 Å². The van der Waals surface area contributed by atoms with Crippen molar-refractivity contribution in [1.29, 1.82) is 0 Å². The second-order valence-corrected chi connectivity index (χ2v) is 9.39. The molecule has 1 amide bonds. The van der Waals surface area contributed by atoms with Gasteiger partial charge >= 0.3 is 0 Å². The van der Waals surface area contributed by atoms with Gasteiger partial charge in [0.05, 0.1) is 18.5 Å². The predicted octanol–water partition coefficient (Wildman–Crippen LogP) is 0.128. The van der Waals surface area contributed by atoms with Gasteiger partial charge in [0, 0.05) is 45.0 Å². The number of aryl methyl sites for hydroxylation is 2. The number of anilines is 1. The number of carbonyl (C=O) groups is 1. The van der Waals surface area contributed by atoms with Crippen molar-refractivity contribution >= 4 is 21.7 Å². The highest BCUT2D eigenvalue weighted by Gasteiger charge is 2.25. The number of likely N-dealkylation sites (N-methyl/N-ethyl adjacent to an activating group) is 1. The van der Waals surface area contributed by atoms with E-state index in [1.807, 2.05) is 31.4 Å². The lowest BCUT2D eigenvalue weighted by Crippen LogP contribution is -2.51. The molecule has 0 bridgehead atoms. The maximum atomic E-state index is 12.4. The number of hydrogen-bond acceptors (Lipinski definition) is 7. The first-order chi connectivity index (χ1) is 13.6. The molecule has 1 fully saturated rings. The molecule has 2 aromatic rings. The van der Waals surface area contributed by atoms with Crippen LogP contribution < -0.4 is 4.90 Å². The van der Waals surface area contributed by atoms with Crippen LogP contribution in [0.5, 0.6) is 0 Å². The van der Waals surface area contributed by atoms with Crippen LogP contribution in [0.4, 0.5) is 5.82 Å². The van der Waals surface area contributed by atoms with Crippen molar-refractivity contribution < 1.29 is 13.2 Å². The normalized spacial score (nSPS) is 15.2. The monoisotopic (exact) mass is 421 g/mol. The van der Waals surface area contributed by atoms with Gasteiger partial charge in [-0.1, -0.05) is 0 Å². The average Bonchev–Trinajstić information content (AvgIpc) is 2.99. The van der Waals surface area contributed by atoms with E-state index in [-0.39, 0.29) is 12.5 Å². The van der Waals surface area contributed by atoms with Crippen molar-refractivity contribution in [3.63, 3.8) is 0 Å². The Morgan fingerprint density at radius 3 is 2.28 bits per heavy atom. The number of aromatic nitrogens is 4. The maximum Gasteiger partial charge on any atom is 0.238 e. The van der Waals surface area contributed by atoms with Gasteiger partial charge in [0.15, 0.2) is 0 Å². The molecule has 0 saturated carbocycles. The number of amides is 1. The molecule has 0 N–H and O–H groups in total. The minimum atomic E-state index is -3.38. The molecule has 3 rings (SSSR count). The Morgan fingerprint density at radius 2 is 1.72 bits per heavy atom. The Morgan fingerprint density at radius 1 is 1.10 bits per heavy atom. The lowest BCUT2D eigenvalue weighted by Gasteiger charge is -2.36. The first kappa shape index (κ1) is 21.2. The number of rotatable bonds is 5. The fraction of sp³-hybridized carbons (Fsp3) is 0.556. The topological polar surface area (TPSA) is 105 Å². The van der Waals surface area contributed by atoms with Crippen LogP contribution in [0.25, 0.3) is 5.82 Å². The first-order valence-corrected chi connectivity index (χ1v) is 11.2. The zero-order valence-corrected chi connectivity index (χ0v) is 18.3. The molecule has 0 atom stereocenters. The molecule has 11 heteroatoms. The number of imidazole rings is 1. The highest BCUT2D eigenvalue weighted by atomic mass is 32.2. The Bertz CT molecular complexity index is 1010. The molecule has 0 spiro atoms. The van der Waals surface area contributed by atoms with E-state index in [0.29, 0.717) is 32.0 Å². The third-order valence-electron chi connectivity index (χ3n) is 5.19. The summed E-state index contributed by atoms with van der Waals surface area (Å²) in [7, 11) is -1.97. The van der Waals surface area contributed by atoms with Crippen LogP contribution in [0.3, 0.4) is 0 Å². The van der Waals surface area contributed by atoms with E-state index in [9.17, 15) is 13.2 Å². The summed E-state index contributed by atoms with van der Waals surface area (Å²) in [6.07, 6.45) is 2.85. The molecule has 1 saturated heterocycles. The van der Waals surface area contributed by atoms with E-state index in [1.165, 1.54) is 7.05 Å². The van der Waals surface area contributed by atoms with E-state index in [1.54, 1.807) is 11.2 Å². The molecular weight excluding hydrogens is 394 g/mol. The minimum Gasteiger partial charge on any atom is -0.353 e. The summed E-state index contributed by atoms with van der Waals surface area (Å²) in [6.45, 7) is 7.92. The van der Waals surface area contributed by atoms with Crippen molar-refractivity contribution in [2.45, 2.75) is 20.8 Å². The molecular formula is C18H27N7O3S. The first-order valence-electron chi connectivity index (χ1n) is 9.37. The van der Waals surface area contributed by atoms with E-state index >= 15 is 0 Å². The zero-order valence-electron chi connectivity index (χ0n) is 17.5. The molecule has 10 nitrogen and oxygen atoms in total. The van der Waals surface area contributed by atoms with Crippen molar-refractivity contribution in [3.8, 4) is 5.82 Å². The summed E-state index contributed by atoms with van der Waals surface area (Å²) in [5.74, 6) is 2.04. The summed E-state index contributed by atoms with van der Waals surface area (Å²) in [4.78, 5) is 29.6. The van der Waals surface area contributed by atoms with Crippen LogP contribution in [-0.2, 0) is 14.8 Å². The summed E-state index contributed by atoms with van der Waals surface area (Å²) in [5, 5.41) is 0. The Hall–Kier alpha value is -2.53. The standard InChI is InChI=1S/C18H27N7O3S/c1-13-14(2)25(12-19-13)17-10-16(20-15(3)21-17)23-6-8-24(9-7-23)18(26)11-22(4)29(5,27)28/h10,12H,6-9,11H2,1-5H3. The van der Waals surface area contributed by atoms with Gasteiger partial charge in [0.1, 0.15) is 23.8 Å². The summed E-state index contributed by atoms with van der Waals surface area (Å²) < 4.78 is 26.0. The summed E-state index contributed by atoms with van der Waals surface area (Å²) in [5.41, 5.74) is 1.98. The molecule has 29 heavy (non-hydrogen) atoms. The van der Waals surface area contributed by atoms with Gasteiger partial charge in [-0.3, -0.25) is 9.36 Å². The lowest BCUT2D eigenvalue weighted by molar-refractivity contribution is -0.131. The van der Waals surface area contributed by atoms with Gasteiger partial charge in [-0.15, -0.1) is 0 Å². The maximum absolute atomic E-state index is 12.4. The molecule has 0 aliphatic carbocycles. The van der Waals surface area contributed by atoms with Crippen molar-refractivity contribution in [1.82, 2.24) is 28.7 Å². The van der Waals surface area contributed by atoms with Crippen LogP contribution in [0.15, 0.2) is 12.4 Å². The van der Waals surface area contributed by atoms with Crippen LogP contribution in [0.1, 0.15) is 17.2 Å². The molecule has 1 aliphatic rings. The molecule has 3 heterocycles. The molecule has 1 aliphatic heterocycles. The highest BCUT2D eigenvalue weighted by molar-refractivity contribution is 7.88. The molecule has 158 valence electrons. The molecule has 0 unspecified atom stereocenters. The summed E-state index contributed by atoms with van der Waals surface area (Å²) in [6, 6.07) is 1.93. The summed E-state index contributed by atoms with van der Waals surface area (Å²) >= 11 is 0. The van der Waals surface area contributed by atoms with Gasteiger partial charge in [-0.2, -0.15) is 4.31 Å². The minimum absolute atomic E-state index is 0.144. The number of carbonyl (C=O) groups excluding carboxylic acids is 1. The Kier molecular flexibility index (Phi) is 5.90. The molecule has 2 aromatic heterocycles. The Labute approximate surface area is 171 Å². The highest BCUT2D eigenvalue weighted by Crippen LogP contribution is 2.19. The number of nitrogens with zero attached hydrogens (tertiary/aromatic N) is 7. The SMILES string of the molecule is Cc1nc(N2CCN(C(=O)CN(C)S(C)(=O)=O)CC2)cc(-n2cnc(C)c2C)n1. The van der Waals surface area contributed by atoms with Gasteiger partial charge in [0.25, 0.3) is 0 Å². The van der Waals surface area contributed by atoms with Crippen LogP contribution >= 0.6 is 0 Å². The van der Waals surface area contributed by atoms with Crippen molar-refractivity contribution in [2.24, 2.45) is 0 Å². The lowest BCUT2D eigenvalue weighted by atomic mass is 10.3. The number of piperazine rings is 1. The number of hydrogen-bond donors (Lipinski definition) is 0. The van der Waals surface area contributed by atoms with Crippen LogP contribution in [-0.4, -0.2) is 89.1 Å².